The molecule has 0 saturated heterocycles. The monoisotopic (exact) mass is 106 g/mol. The van der Waals surface area contributed by atoms with Gasteiger partial charge in [0, 0.05) is 0 Å². The first-order chi connectivity index (χ1) is 2.64. The fraction of sp³-hybridized carbons (Fsp3) is 0. The minimum atomic E-state index is -1.60. The first-order valence-corrected chi connectivity index (χ1v) is 1.17. The third kappa shape index (κ3) is 4.90. The number of amides is 1. The second-order valence-corrected chi connectivity index (χ2v) is 0.669. The molecule has 0 rings (SSSR count). The van der Waals surface area contributed by atoms with Crippen molar-refractivity contribution in [3.8, 4) is 0 Å². The van der Waals surface area contributed by atoms with Gasteiger partial charge in [-0.15, -0.1) is 0 Å². The van der Waals surface area contributed by atoms with Crippen LogP contribution in [0, 0.1) is 0 Å². The number of primary amides is 1. The van der Waals surface area contributed by atoms with Crippen LogP contribution in [-0.4, -0.2) is 17.0 Å². The molecule has 0 bridgehead atoms. The van der Waals surface area contributed by atoms with Gasteiger partial charge in [0.1, 0.15) is 0 Å². The predicted octanol–water partition coefficient (Wildman–Crippen LogP) is -1.28. The van der Waals surface area contributed by atoms with Gasteiger partial charge in [0.05, 0.1) is 0 Å². The lowest BCUT2D eigenvalue weighted by Gasteiger charge is -1.74. The first-order valence-electron chi connectivity index (χ1n) is 1.17. The third-order valence-corrected chi connectivity index (χ3v) is 0.211. The van der Waals surface area contributed by atoms with Gasteiger partial charge < -0.3 is 17.0 Å². The van der Waals surface area contributed by atoms with Crippen LogP contribution in [0.2, 0.25) is 0 Å². The van der Waals surface area contributed by atoms with Crippen LogP contribution in [0.5, 0.6) is 0 Å². The molecule has 0 saturated carbocycles. The van der Waals surface area contributed by atoms with Crippen molar-refractivity contribution < 1.29 is 14.7 Å². The second kappa shape index (κ2) is 3.10. The number of carbonyl (C=O) groups excluding carboxylic acids is 1. The lowest BCUT2D eigenvalue weighted by atomic mass is 10.7. The summed E-state index contributed by atoms with van der Waals surface area (Å²) in [5.41, 5.74) is 4.20. The van der Waals surface area contributed by atoms with Crippen molar-refractivity contribution in [1.29, 1.82) is 0 Å². The molecule has 0 spiro atoms. The molecule has 1 amide bonds. The highest BCUT2D eigenvalue weighted by Gasteiger charge is 2.00. The standard InChI is InChI=1S/C2H3NO3.H3N/c3-1(4)2(5)6;/h(H2,3,4)(H,5,6);1H3. The molecule has 0 heterocycles. The van der Waals surface area contributed by atoms with Gasteiger partial charge in [0.2, 0.25) is 0 Å². The van der Waals surface area contributed by atoms with Crippen LogP contribution in [0.1, 0.15) is 0 Å². The van der Waals surface area contributed by atoms with Crippen molar-refractivity contribution in [3.63, 3.8) is 0 Å². The van der Waals surface area contributed by atoms with E-state index in [-0.39, 0.29) is 6.15 Å². The Balaban J connectivity index is 0. The summed E-state index contributed by atoms with van der Waals surface area (Å²) in [6.07, 6.45) is 0. The van der Waals surface area contributed by atoms with Crippen LogP contribution in [0.4, 0.5) is 0 Å². The summed E-state index contributed by atoms with van der Waals surface area (Å²) in [7, 11) is 0. The normalized spacial score (nSPS) is 6.29. The second-order valence-electron chi connectivity index (χ2n) is 0.669. The molecule has 0 radical (unpaired) electrons. The summed E-state index contributed by atoms with van der Waals surface area (Å²) in [6, 6.07) is 0. The number of carboxylic acid groups (broad SMARTS) is 1. The minimum Gasteiger partial charge on any atom is -0.474 e. The maximum atomic E-state index is 9.32. The number of carbonyl (C=O) groups is 2. The summed E-state index contributed by atoms with van der Waals surface area (Å²) in [4.78, 5) is 18.5. The van der Waals surface area contributed by atoms with Gasteiger partial charge in [-0.1, -0.05) is 0 Å². The van der Waals surface area contributed by atoms with Crippen molar-refractivity contribution in [2.45, 2.75) is 0 Å². The van der Waals surface area contributed by atoms with Crippen molar-refractivity contribution in [2.75, 3.05) is 0 Å². The minimum absolute atomic E-state index is 0. The number of hydrogen-bond acceptors (Lipinski definition) is 3. The van der Waals surface area contributed by atoms with Crippen LogP contribution in [0.3, 0.4) is 0 Å². The highest BCUT2D eigenvalue weighted by Crippen LogP contribution is 1.51. The lowest BCUT2D eigenvalue weighted by molar-refractivity contribution is -0.148. The molecule has 0 aliphatic heterocycles. The molecule has 7 heavy (non-hydrogen) atoms. The van der Waals surface area contributed by atoms with Crippen LogP contribution < -0.4 is 11.9 Å². The molecule has 0 fully saturated rings. The Morgan fingerprint density at radius 2 is 1.57 bits per heavy atom. The lowest BCUT2D eigenvalue weighted by Crippen LogP contribution is -2.21. The highest BCUT2D eigenvalue weighted by atomic mass is 16.4. The fourth-order valence-corrected chi connectivity index (χ4v) is 0. The quantitative estimate of drug-likeness (QED) is 0.333. The molecule has 0 aromatic carbocycles. The van der Waals surface area contributed by atoms with Gasteiger partial charge in [-0.25, -0.2) is 4.79 Å². The van der Waals surface area contributed by atoms with Crippen molar-refractivity contribution in [3.05, 3.63) is 0 Å². The smallest absolute Gasteiger partial charge is 0.394 e. The number of hydrogen-bond donors (Lipinski definition) is 3. The largest absolute Gasteiger partial charge is 0.474 e. The fourth-order valence-electron chi connectivity index (χ4n) is 0. The van der Waals surface area contributed by atoms with Crippen molar-refractivity contribution >= 4 is 11.9 Å². The van der Waals surface area contributed by atoms with Crippen molar-refractivity contribution in [1.82, 2.24) is 6.15 Å². The summed E-state index contributed by atoms with van der Waals surface area (Å²) in [5.74, 6) is -2.93. The Kier molecular flexibility index (Phi) is 4.13. The third-order valence-electron chi connectivity index (χ3n) is 0.211. The van der Waals surface area contributed by atoms with Gasteiger partial charge in [-0.3, -0.25) is 4.79 Å². The molecule has 0 aliphatic rings. The molecule has 5 heteroatoms. The Hall–Kier alpha value is -1.10. The van der Waals surface area contributed by atoms with Crippen LogP contribution in [0.15, 0.2) is 0 Å². The molecule has 0 aromatic heterocycles. The van der Waals surface area contributed by atoms with E-state index in [1.165, 1.54) is 0 Å². The van der Waals surface area contributed by atoms with Gasteiger partial charge in [-0.2, -0.15) is 0 Å². The highest BCUT2D eigenvalue weighted by molar-refractivity contribution is 6.30. The number of carboxylic acids is 1. The maximum absolute atomic E-state index is 9.32. The molecule has 0 unspecified atom stereocenters. The summed E-state index contributed by atoms with van der Waals surface area (Å²) >= 11 is 0. The van der Waals surface area contributed by atoms with Gasteiger partial charge in [-0.05, 0) is 0 Å². The maximum Gasteiger partial charge on any atom is 0.394 e. The Bertz CT molecular complexity index is 76.9. The molecular formula is C2H6N2O3. The van der Waals surface area contributed by atoms with Gasteiger partial charge >= 0.3 is 11.9 Å². The summed E-state index contributed by atoms with van der Waals surface area (Å²) in [5, 5.41) is 7.52. The zero-order valence-electron chi connectivity index (χ0n) is 3.55. The topological polar surface area (TPSA) is 115 Å². The van der Waals surface area contributed by atoms with E-state index < -0.39 is 11.9 Å². The van der Waals surface area contributed by atoms with E-state index in [9.17, 15) is 9.59 Å². The average Bonchev–Trinajstić information content (AvgIpc) is 1.36. The Morgan fingerprint density at radius 3 is 1.57 bits per heavy atom. The number of nitrogens with two attached hydrogens (primary N) is 1. The van der Waals surface area contributed by atoms with Crippen LogP contribution >= 0.6 is 0 Å². The predicted molar refractivity (Wildman–Crippen MR) is 21.9 cm³/mol. The number of rotatable bonds is 0. The molecular weight excluding hydrogens is 100 g/mol. The zero-order valence-corrected chi connectivity index (χ0v) is 3.55. The van der Waals surface area contributed by atoms with E-state index in [2.05, 4.69) is 5.73 Å². The average molecular weight is 106 g/mol. The zero-order chi connectivity index (χ0) is 5.15. The molecule has 0 atom stereocenters. The summed E-state index contributed by atoms with van der Waals surface area (Å²) < 4.78 is 0. The van der Waals surface area contributed by atoms with E-state index in [1.807, 2.05) is 0 Å². The molecule has 42 valence electrons. The van der Waals surface area contributed by atoms with E-state index in [4.69, 9.17) is 5.11 Å². The van der Waals surface area contributed by atoms with E-state index >= 15 is 0 Å². The van der Waals surface area contributed by atoms with Gasteiger partial charge in [0.15, 0.2) is 0 Å². The molecule has 0 aromatic rings. The van der Waals surface area contributed by atoms with Crippen molar-refractivity contribution in [2.24, 2.45) is 5.73 Å². The van der Waals surface area contributed by atoms with Crippen LogP contribution in [-0.2, 0) is 9.59 Å². The SMILES string of the molecule is N.NC(=O)C(=O)O. The molecule has 6 N–H and O–H groups in total. The number of aliphatic carboxylic acids is 1. The summed E-state index contributed by atoms with van der Waals surface area (Å²) in [6.45, 7) is 0. The van der Waals surface area contributed by atoms with E-state index in [1.54, 1.807) is 0 Å². The Labute approximate surface area is 39.7 Å². The van der Waals surface area contributed by atoms with Crippen LogP contribution in [0.25, 0.3) is 0 Å². The molecule has 5 nitrogen and oxygen atoms in total. The van der Waals surface area contributed by atoms with E-state index in [0.717, 1.165) is 0 Å². The Morgan fingerprint density at radius 1 is 1.43 bits per heavy atom. The first kappa shape index (κ1) is 9.31. The van der Waals surface area contributed by atoms with E-state index in [0.29, 0.717) is 0 Å². The van der Waals surface area contributed by atoms with Gasteiger partial charge in [0.25, 0.3) is 0 Å². The molecule has 0 aliphatic carbocycles.